The number of carbonyl (C=O) groups excluding carboxylic acids is 2. The van der Waals surface area contributed by atoms with Crippen molar-refractivity contribution in [3.63, 3.8) is 0 Å². The highest BCUT2D eigenvalue weighted by molar-refractivity contribution is 8.00. The van der Waals surface area contributed by atoms with Gasteiger partial charge in [-0.25, -0.2) is 8.78 Å². The first kappa shape index (κ1) is 31.7. The second-order valence-electron chi connectivity index (χ2n) is 9.40. The van der Waals surface area contributed by atoms with Crippen LogP contribution in [0.1, 0.15) is 50.3 Å². The van der Waals surface area contributed by atoms with Crippen molar-refractivity contribution >= 4 is 23.6 Å². The van der Waals surface area contributed by atoms with Gasteiger partial charge in [-0.3, -0.25) is 9.59 Å². The fourth-order valence-electron chi connectivity index (χ4n) is 4.20. The number of hydrogen-bond acceptors (Lipinski definition) is 5. The highest BCUT2D eigenvalue weighted by atomic mass is 32.2. The Morgan fingerprint density at radius 2 is 1.61 bits per heavy atom. The molecule has 0 fully saturated rings. The third-order valence-corrected chi connectivity index (χ3v) is 6.99. The van der Waals surface area contributed by atoms with Gasteiger partial charge in [0.1, 0.15) is 11.6 Å². The van der Waals surface area contributed by atoms with Crippen LogP contribution in [-0.4, -0.2) is 65.1 Å². The monoisotopic (exact) mass is 549 g/mol. The molecule has 0 spiro atoms. The number of aryl methyl sites for hydroxylation is 1. The highest BCUT2D eigenvalue weighted by Crippen LogP contribution is 2.13. The van der Waals surface area contributed by atoms with Gasteiger partial charge < -0.3 is 20.6 Å². The number of carbonyl (C=O) groups is 2. The summed E-state index contributed by atoms with van der Waals surface area (Å²) in [5.74, 6) is -1.56. The zero-order valence-electron chi connectivity index (χ0n) is 22.6. The Morgan fingerprint density at radius 1 is 0.947 bits per heavy atom. The van der Waals surface area contributed by atoms with Crippen LogP contribution in [0.4, 0.5) is 8.78 Å². The normalized spacial score (nSPS) is 12.7. The molecule has 0 aromatic heterocycles. The molecular formula is C29H41F2N3O3S. The predicted octanol–water partition coefficient (Wildman–Crippen LogP) is 4.09. The zero-order valence-corrected chi connectivity index (χ0v) is 23.5. The third-order valence-electron chi connectivity index (χ3n) is 6.07. The summed E-state index contributed by atoms with van der Waals surface area (Å²) >= 11 is 1.21. The summed E-state index contributed by atoms with van der Waals surface area (Å²) in [4.78, 5) is 27.0. The molecule has 0 saturated heterocycles. The lowest BCUT2D eigenvalue weighted by Gasteiger charge is -2.25. The number of hydrogen-bond donors (Lipinski definition) is 3. The number of halogens is 2. The molecule has 38 heavy (non-hydrogen) atoms. The largest absolute Gasteiger partial charge is 0.390 e. The van der Waals surface area contributed by atoms with Crippen LogP contribution >= 0.6 is 11.8 Å². The summed E-state index contributed by atoms with van der Waals surface area (Å²) < 4.78 is 27.5. The van der Waals surface area contributed by atoms with E-state index in [1.165, 1.54) is 29.5 Å². The molecule has 2 unspecified atom stereocenters. The smallest absolute Gasteiger partial charge is 0.232 e. The molecular weight excluding hydrogens is 508 g/mol. The number of benzene rings is 2. The predicted molar refractivity (Wildman–Crippen MR) is 150 cm³/mol. The molecule has 0 aliphatic heterocycles. The van der Waals surface area contributed by atoms with Gasteiger partial charge in [0, 0.05) is 32.2 Å². The number of nitrogens with zero attached hydrogens (tertiary/aromatic N) is 1. The van der Waals surface area contributed by atoms with Crippen LogP contribution in [0.5, 0.6) is 0 Å². The number of amides is 2. The van der Waals surface area contributed by atoms with E-state index in [4.69, 9.17) is 0 Å². The standard InChI is InChI=1S/C29H41F2N3O3S/c1-4-10-34(11-5-2)29(37)20-38-19-28(36)33-26(15-23-13-24(30)16-25(31)14-23)27(35)18-32-17-22-9-7-8-21(6-3)12-22/h7-9,12-14,16,26-27,32,35H,4-6,10-11,15,17-20H2,1-3H3,(H,33,36). The van der Waals surface area contributed by atoms with Gasteiger partial charge in [0.2, 0.25) is 11.8 Å². The van der Waals surface area contributed by atoms with Crippen molar-refractivity contribution in [1.82, 2.24) is 15.5 Å². The minimum Gasteiger partial charge on any atom is -0.390 e. The van der Waals surface area contributed by atoms with Crippen molar-refractivity contribution in [2.45, 2.75) is 65.1 Å². The first-order valence-corrected chi connectivity index (χ1v) is 14.5. The molecule has 2 amide bonds. The third kappa shape index (κ3) is 11.5. The van der Waals surface area contributed by atoms with Crippen LogP contribution in [0.3, 0.4) is 0 Å². The number of aliphatic hydroxyl groups excluding tert-OH is 1. The molecule has 9 heteroatoms. The Balaban J connectivity index is 1.97. The maximum Gasteiger partial charge on any atom is 0.232 e. The molecule has 2 aromatic rings. The average Bonchev–Trinajstić information content (AvgIpc) is 2.87. The summed E-state index contributed by atoms with van der Waals surface area (Å²) in [5, 5.41) is 16.9. The minimum atomic E-state index is -1.00. The van der Waals surface area contributed by atoms with E-state index in [2.05, 4.69) is 29.7 Å². The van der Waals surface area contributed by atoms with Gasteiger partial charge in [0.25, 0.3) is 0 Å². The average molecular weight is 550 g/mol. The molecule has 2 aromatic carbocycles. The Kier molecular flexibility index (Phi) is 14.3. The molecule has 0 aliphatic rings. The lowest BCUT2D eigenvalue weighted by atomic mass is 10.0. The molecule has 0 saturated carbocycles. The number of thioether (sulfide) groups is 1. The van der Waals surface area contributed by atoms with Crippen LogP contribution in [0.15, 0.2) is 42.5 Å². The summed E-state index contributed by atoms with van der Waals surface area (Å²) in [6.07, 6.45) is 1.72. The van der Waals surface area contributed by atoms with Crippen molar-refractivity contribution in [2.24, 2.45) is 0 Å². The Hall–Kier alpha value is -2.49. The number of nitrogens with one attached hydrogen (secondary N) is 2. The summed E-state index contributed by atoms with van der Waals surface area (Å²) in [7, 11) is 0. The van der Waals surface area contributed by atoms with Crippen molar-refractivity contribution in [3.8, 4) is 0 Å². The lowest BCUT2D eigenvalue weighted by molar-refractivity contribution is -0.128. The molecule has 0 bridgehead atoms. The SMILES string of the molecule is CCCN(CCC)C(=O)CSCC(=O)NC(Cc1cc(F)cc(F)c1)C(O)CNCc1cccc(CC)c1. The van der Waals surface area contributed by atoms with E-state index >= 15 is 0 Å². The fourth-order valence-corrected chi connectivity index (χ4v) is 4.93. The second kappa shape index (κ2) is 17.2. The molecule has 2 rings (SSSR count). The lowest BCUT2D eigenvalue weighted by Crippen LogP contribution is -2.49. The van der Waals surface area contributed by atoms with Crippen LogP contribution in [0, 0.1) is 11.6 Å². The van der Waals surface area contributed by atoms with E-state index in [1.807, 2.05) is 26.0 Å². The molecule has 0 aliphatic carbocycles. The van der Waals surface area contributed by atoms with Crippen molar-refractivity contribution in [1.29, 1.82) is 0 Å². The maximum absolute atomic E-state index is 13.8. The van der Waals surface area contributed by atoms with Crippen molar-refractivity contribution in [2.75, 3.05) is 31.1 Å². The van der Waals surface area contributed by atoms with E-state index in [0.717, 1.165) is 30.9 Å². The summed E-state index contributed by atoms with van der Waals surface area (Å²) in [6.45, 7) is 8.20. The topological polar surface area (TPSA) is 81.7 Å². The van der Waals surface area contributed by atoms with Crippen LogP contribution in [-0.2, 0) is 29.0 Å². The first-order chi connectivity index (χ1) is 18.2. The van der Waals surface area contributed by atoms with Gasteiger partial charge >= 0.3 is 0 Å². The maximum atomic E-state index is 13.8. The van der Waals surface area contributed by atoms with E-state index in [0.29, 0.717) is 25.2 Å². The first-order valence-electron chi connectivity index (χ1n) is 13.3. The molecule has 6 nitrogen and oxygen atoms in total. The fraction of sp³-hybridized carbons (Fsp3) is 0.517. The number of rotatable bonds is 17. The molecule has 3 N–H and O–H groups in total. The van der Waals surface area contributed by atoms with Gasteiger partial charge in [-0.05, 0) is 54.5 Å². The minimum absolute atomic E-state index is 0.00494. The van der Waals surface area contributed by atoms with Crippen LogP contribution in [0.25, 0.3) is 0 Å². The van der Waals surface area contributed by atoms with Crippen LogP contribution in [0.2, 0.25) is 0 Å². The van der Waals surface area contributed by atoms with E-state index in [-0.39, 0.29) is 36.3 Å². The molecule has 2 atom stereocenters. The molecule has 0 heterocycles. The molecule has 210 valence electrons. The Bertz CT molecular complexity index is 998. The van der Waals surface area contributed by atoms with Gasteiger partial charge in [0.15, 0.2) is 0 Å². The van der Waals surface area contributed by atoms with Gasteiger partial charge in [0.05, 0.1) is 23.7 Å². The second-order valence-corrected chi connectivity index (χ2v) is 10.4. The quantitative estimate of drug-likeness (QED) is 0.277. The molecule has 0 radical (unpaired) electrons. The highest BCUT2D eigenvalue weighted by Gasteiger charge is 2.23. The zero-order chi connectivity index (χ0) is 27.9. The summed E-state index contributed by atoms with van der Waals surface area (Å²) in [6, 6.07) is 10.5. The Morgan fingerprint density at radius 3 is 2.24 bits per heavy atom. The summed E-state index contributed by atoms with van der Waals surface area (Å²) in [5.41, 5.74) is 2.62. The van der Waals surface area contributed by atoms with Crippen molar-refractivity contribution < 1.29 is 23.5 Å². The van der Waals surface area contributed by atoms with Gasteiger partial charge in [-0.2, -0.15) is 0 Å². The van der Waals surface area contributed by atoms with Crippen LogP contribution < -0.4 is 10.6 Å². The van der Waals surface area contributed by atoms with E-state index < -0.39 is 23.8 Å². The van der Waals surface area contributed by atoms with Gasteiger partial charge in [-0.1, -0.05) is 45.0 Å². The Labute approximate surface area is 229 Å². The van der Waals surface area contributed by atoms with E-state index in [9.17, 15) is 23.5 Å². The number of aliphatic hydroxyl groups is 1. The van der Waals surface area contributed by atoms with Gasteiger partial charge in [-0.15, -0.1) is 11.8 Å². The van der Waals surface area contributed by atoms with E-state index in [1.54, 1.807) is 4.90 Å². The van der Waals surface area contributed by atoms with Crippen molar-refractivity contribution in [3.05, 3.63) is 70.8 Å².